The number of benzene rings is 1. The molecule has 1 aliphatic rings. The van der Waals surface area contributed by atoms with Crippen LogP contribution in [0.4, 0.5) is 17.1 Å². The van der Waals surface area contributed by atoms with Gasteiger partial charge >= 0.3 is 0 Å². The van der Waals surface area contributed by atoms with Gasteiger partial charge in [-0.1, -0.05) is 13.3 Å². The van der Waals surface area contributed by atoms with Crippen LogP contribution in [0.3, 0.4) is 0 Å². The summed E-state index contributed by atoms with van der Waals surface area (Å²) in [5.41, 5.74) is 2.04. The smallest absolute Gasteiger partial charge is 0.294 e. The van der Waals surface area contributed by atoms with E-state index in [0.29, 0.717) is 24.2 Å². The van der Waals surface area contributed by atoms with Crippen molar-refractivity contribution >= 4 is 23.0 Å². The molecule has 6 heteroatoms. The summed E-state index contributed by atoms with van der Waals surface area (Å²) < 4.78 is 0. The second-order valence-corrected chi connectivity index (χ2v) is 5.17. The number of carbonyl (C=O) groups excluding carboxylic acids is 1. The van der Waals surface area contributed by atoms with Crippen LogP contribution in [-0.2, 0) is 11.2 Å². The van der Waals surface area contributed by atoms with E-state index in [1.165, 1.54) is 6.07 Å². The third kappa shape index (κ3) is 3.07. The van der Waals surface area contributed by atoms with Crippen molar-refractivity contribution in [3.8, 4) is 0 Å². The molecule has 1 atom stereocenters. The fourth-order valence-corrected chi connectivity index (χ4v) is 2.45. The molecule has 2 rings (SSSR count). The van der Waals surface area contributed by atoms with Crippen LogP contribution in [0.1, 0.15) is 38.7 Å². The van der Waals surface area contributed by atoms with E-state index in [1.54, 1.807) is 6.07 Å². The van der Waals surface area contributed by atoms with Gasteiger partial charge in [-0.3, -0.25) is 14.9 Å². The van der Waals surface area contributed by atoms with Gasteiger partial charge in [0.2, 0.25) is 5.91 Å². The molecule has 0 saturated carbocycles. The number of aryl methyl sites for hydroxylation is 1. The van der Waals surface area contributed by atoms with Gasteiger partial charge in [-0.2, -0.15) is 0 Å². The minimum absolute atomic E-state index is 0.00824. The number of carbonyl (C=O) groups is 1. The molecule has 1 unspecified atom stereocenters. The molecule has 0 bridgehead atoms. The van der Waals surface area contributed by atoms with E-state index >= 15 is 0 Å². The van der Waals surface area contributed by atoms with Crippen molar-refractivity contribution < 1.29 is 9.72 Å². The highest BCUT2D eigenvalue weighted by atomic mass is 16.6. The van der Waals surface area contributed by atoms with Crippen LogP contribution < -0.4 is 10.6 Å². The second-order valence-electron chi connectivity index (χ2n) is 5.17. The SMILES string of the molecule is CCCC(C)Nc1cc2c(cc1[N+](=O)[O-])NC(=O)CC2. The van der Waals surface area contributed by atoms with Crippen molar-refractivity contribution in [1.29, 1.82) is 0 Å². The first-order valence-corrected chi connectivity index (χ1v) is 6.89. The number of nitrogens with zero attached hydrogens (tertiary/aromatic N) is 1. The molecule has 0 spiro atoms. The fourth-order valence-electron chi connectivity index (χ4n) is 2.45. The Morgan fingerprint density at radius 1 is 1.45 bits per heavy atom. The molecule has 0 saturated heterocycles. The Kier molecular flexibility index (Phi) is 4.22. The summed E-state index contributed by atoms with van der Waals surface area (Å²) in [4.78, 5) is 22.1. The topological polar surface area (TPSA) is 84.3 Å². The van der Waals surface area contributed by atoms with Crippen LogP contribution >= 0.6 is 0 Å². The molecule has 1 aliphatic heterocycles. The zero-order chi connectivity index (χ0) is 14.7. The summed E-state index contributed by atoms with van der Waals surface area (Å²) in [6, 6.07) is 3.42. The summed E-state index contributed by atoms with van der Waals surface area (Å²) >= 11 is 0. The van der Waals surface area contributed by atoms with E-state index in [1.807, 2.05) is 6.92 Å². The zero-order valence-electron chi connectivity index (χ0n) is 11.7. The normalized spacial score (nSPS) is 15.2. The van der Waals surface area contributed by atoms with Crippen LogP contribution in [0, 0.1) is 10.1 Å². The average Bonchev–Trinajstić information content (AvgIpc) is 2.38. The summed E-state index contributed by atoms with van der Waals surface area (Å²) in [7, 11) is 0. The van der Waals surface area contributed by atoms with Gasteiger partial charge in [0.15, 0.2) is 0 Å². The molecule has 6 nitrogen and oxygen atoms in total. The summed E-state index contributed by atoms with van der Waals surface area (Å²) in [6.45, 7) is 4.09. The van der Waals surface area contributed by atoms with Crippen molar-refractivity contribution in [2.24, 2.45) is 0 Å². The van der Waals surface area contributed by atoms with Gasteiger partial charge in [0.05, 0.1) is 10.6 Å². The van der Waals surface area contributed by atoms with E-state index < -0.39 is 4.92 Å². The number of rotatable bonds is 5. The van der Waals surface area contributed by atoms with Gasteiger partial charge in [-0.15, -0.1) is 0 Å². The van der Waals surface area contributed by atoms with Gasteiger partial charge in [0.25, 0.3) is 5.69 Å². The van der Waals surface area contributed by atoms with Crippen LogP contribution in [-0.4, -0.2) is 16.9 Å². The number of hydrogen-bond donors (Lipinski definition) is 2. The van der Waals surface area contributed by atoms with Crippen molar-refractivity contribution in [2.45, 2.75) is 45.6 Å². The third-order valence-electron chi connectivity index (χ3n) is 3.44. The van der Waals surface area contributed by atoms with Crippen LogP contribution in [0.25, 0.3) is 0 Å². The van der Waals surface area contributed by atoms with E-state index in [0.717, 1.165) is 18.4 Å². The second kappa shape index (κ2) is 5.90. The predicted octanol–water partition coefficient (Wildman–Crippen LogP) is 3.08. The first-order valence-electron chi connectivity index (χ1n) is 6.89. The first kappa shape index (κ1) is 14.3. The number of nitrogens with one attached hydrogen (secondary N) is 2. The number of anilines is 2. The molecule has 0 aromatic heterocycles. The molecule has 1 amide bonds. The lowest BCUT2D eigenvalue weighted by Crippen LogP contribution is -2.20. The van der Waals surface area contributed by atoms with Gasteiger partial charge < -0.3 is 10.6 Å². The average molecular weight is 277 g/mol. The lowest BCUT2D eigenvalue weighted by molar-refractivity contribution is -0.383. The minimum atomic E-state index is -0.415. The summed E-state index contributed by atoms with van der Waals surface area (Å²) in [6.07, 6.45) is 3.01. The molecule has 0 fully saturated rings. The summed E-state index contributed by atoms with van der Waals surface area (Å²) in [5.74, 6) is -0.0909. The largest absolute Gasteiger partial charge is 0.377 e. The van der Waals surface area contributed by atoms with Crippen molar-refractivity contribution in [2.75, 3.05) is 10.6 Å². The fraction of sp³-hybridized carbons (Fsp3) is 0.500. The monoisotopic (exact) mass is 277 g/mol. The van der Waals surface area contributed by atoms with Gasteiger partial charge in [0.1, 0.15) is 5.69 Å². The van der Waals surface area contributed by atoms with E-state index in [2.05, 4.69) is 17.6 Å². The van der Waals surface area contributed by atoms with E-state index in [-0.39, 0.29) is 17.6 Å². The number of hydrogen-bond acceptors (Lipinski definition) is 4. The van der Waals surface area contributed by atoms with E-state index in [4.69, 9.17) is 0 Å². The highest BCUT2D eigenvalue weighted by Crippen LogP contribution is 2.34. The minimum Gasteiger partial charge on any atom is -0.377 e. The van der Waals surface area contributed by atoms with Gasteiger partial charge in [-0.05, 0) is 31.4 Å². The molecule has 1 aromatic carbocycles. The maximum absolute atomic E-state index is 11.4. The van der Waals surface area contributed by atoms with Crippen molar-refractivity contribution in [3.05, 3.63) is 27.8 Å². The molecular formula is C14H19N3O3. The number of amides is 1. The highest BCUT2D eigenvalue weighted by Gasteiger charge is 2.23. The number of nitro groups is 1. The standard InChI is InChI=1S/C14H19N3O3/c1-3-4-9(2)15-12-7-10-5-6-14(18)16-11(10)8-13(12)17(19)20/h7-9,15H,3-6H2,1-2H3,(H,16,18). The van der Waals surface area contributed by atoms with Gasteiger partial charge in [-0.25, -0.2) is 0 Å². The van der Waals surface area contributed by atoms with Crippen molar-refractivity contribution in [3.63, 3.8) is 0 Å². The predicted molar refractivity (Wildman–Crippen MR) is 78.0 cm³/mol. The van der Waals surface area contributed by atoms with Crippen LogP contribution in [0.15, 0.2) is 12.1 Å². The first-order chi connectivity index (χ1) is 9.51. The molecule has 2 N–H and O–H groups in total. The van der Waals surface area contributed by atoms with Crippen LogP contribution in [0.2, 0.25) is 0 Å². The Balaban J connectivity index is 2.35. The lowest BCUT2D eigenvalue weighted by Gasteiger charge is -2.20. The maximum atomic E-state index is 11.4. The Bertz CT molecular complexity index is 543. The summed E-state index contributed by atoms with van der Waals surface area (Å²) in [5, 5.41) is 17.1. The maximum Gasteiger partial charge on any atom is 0.294 e. The zero-order valence-corrected chi connectivity index (χ0v) is 11.7. The Morgan fingerprint density at radius 2 is 2.20 bits per heavy atom. The molecule has 108 valence electrons. The molecule has 0 aliphatic carbocycles. The quantitative estimate of drug-likeness (QED) is 0.640. The molecular weight excluding hydrogens is 258 g/mol. The Labute approximate surface area is 117 Å². The molecule has 1 heterocycles. The Morgan fingerprint density at radius 3 is 2.85 bits per heavy atom. The Hall–Kier alpha value is -2.11. The lowest BCUT2D eigenvalue weighted by atomic mass is 10.0. The van der Waals surface area contributed by atoms with E-state index in [9.17, 15) is 14.9 Å². The molecule has 20 heavy (non-hydrogen) atoms. The number of nitro benzene ring substituents is 1. The molecule has 1 aromatic rings. The van der Waals surface area contributed by atoms with Crippen molar-refractivity contribution in [1.82, 2.24) is 0 Å². The van der Waals surface area contributed by atoms with Crippen LogP contribution in [0.5, 0.6) is 0 Å². The highest BCUT2D eigenvalue weighted by molar-refractivity contribution is 5.95. The number of fused-ring (bicyclic) bond motifs is 1. The third-order valence-corrected chi connectivity index (χ3v) is 3.44. The van der Waals surface area contributed by atoms with Gasteiger partial charge in [0, 0.05) is 18.5 Å². The molecule has 0 radical (unpaired) electrons.